The molecule has 222 valence electrons. The first kappa shape index (κ1) is 28.7. The molecule has 0 saturated carbocycles. The van der Waals surface area contributed by atoms with Crippen LogP contribution in [0.1, 0.15) is 46.0 Å². The van der Waals surface area contributed by atoms with Crippen LogP contribution >= 0.6 is 11.8 Å². The van der Waals surface area contributed by atoms with Gasteiger partial charge in [0.05, 0.1) is 55.5 Å². The van der Waals surface area contributed by atoms with E-state index in [2.05, 4.69) is 34.5 Å². The maximum Gasteiger partial charge on any atom is 0.320 e. The van der Waals surface area contributed by atoms with E-state index in [1.54, 1.807) is 25.1 Å². The maximum atomic E-state index is 6.91. The number of methoxy groups -OCH3 is 1. The predicted octanol–water partition coefficient (Wildman–Crippen LogP) is 3.99. The van der Waals surface area contributed by atoms with Crippen LogP contribution in [-0.2, 0) is 9.47 Å². The van der Waals surface area contributed by atoms with Crippen LogP contribution in [0.4, 0.5) is 11.6 Å². The van der Waals surface area contributed by atoms with Crippen LogP contribution in [-0.4, -0.2) is 82.9 Å². The van der Waals surface area contributed by atoms with Crippen molar-refractivity contribution < 1.29 is 14.2 Å². The monoisotopic (exact) mass is 590 g/mol. The first-order valence-corrected chi connectivity index (χ1v) is 15.4. The number of thioether (sulfide) groups is 1. The van der Waals surface area contributed by atoms with Crippen molar-refractivity contribution in [2.45, 2.75) is 68.5 Å². The molecule has 3 atom stereocenters. The van der Waals surface area contributed by atoms with E-state index in [1.807, 2.05) is 40.9 Å². The third kappa shape index (κ3) is 5.89. The summed E-state index contributed by atoms with van der Waals surface area (Å²) in [6.45, 7) is 6.63. The van der Waals surface area contributed by atoms with E-state index >= 15 is 0 Å². The Labute approximate surface area is 251 Å². The largest absolute Gasteiger partial charge is 0.501 e. The summed E-state index contributed by atoms with van der Waals surface area (Å²) in [5.41, 5.74) is 12.9. The number of nitrogens with zero attached hydrogens (tertiary/aromatic N) is 7. The van der Waals surface area contributed by atoms with E-state index in [0.717, 1.165) is 37.3 Å². The normalized spacial score (nSPS) is 30.1. The average molecular weight is 591 g/mol. The lowest BCUT2D eigenvalue weighted by molar-refractivity contribution is 0.0959. The lowest BCUT2D eigenvalue weighted by Gasteiger charge is -2.34. The number of nitrogens with two attached hydrogens (primary N) is 1. The standard InChI is InChI=1S/C30H38N8O3S/c1-29(2)25(42-20-33-29)12-17-41-28-34-26(37-16-11-24-30(37,31)13-18-40-24)19-27(35-28)38-15-5-4-8-23(36-38)22-10-9-21(39-3)7-6-14-32-22/h5-6,8-9,14,19-20,24-25H,7,10-13,15-18,31H2,1-3H3/b14-6-,21-9?,32-22+/t24-,25?,30-/m1/s1. The maximum absolute atomic E-state index is 6.91. The number of ether oxygens (including phenoxy) is 3. The molecule has 0 bridgehead atoms. The molecule has 1 unspecified atom stereocenters. The zero-order valence-electron chi connectivity index (χ0n) is 24.4. The van der Waals surface area contributed by atoms with Crippen LogP contribution in [0, 0.1) is 0 Å². The first-order valence-electron chi connectivity index (χ1n) is 14.5. The molecule has 0 spiro atoms. The van der Waals surface area contributed by atoms with Gasteiger partial charge in [-0.05, 0) is 38.8 Å². The van der Waals surface area contributed by atoms with Gasteiger partial charge in [0.1, 0.15) is 17.2 Å². The summed E-state index contributed by atoms with van der Waals surface area (Å²) in [5, 5.41) is 7.14. The highest BCUT2D eigenvalue weighted by atomic mass is 32.2. The smallest absolute Gasteiger partial charge is 0.320 e. The average Bonchev–Trinajstić information content (AvgIpc) is 3.52. The van der Waals surface area contributed by atoms with Crippen molar-refractivity contribution >= 4 is 40.4 Å². The number of hydrogen-bond acceptors (Lipinski definition) is 12. The van der Waals surface area contributed by atoms with Gasteiger partial charge in [-0.2, -0.15) is 15.1 Å². The van der Waals surface area contributed by atoms with E-state index in [1.165, 1.54) is 0 Å². The summed E-state index contributed by atoms with van der Waals surface area (Å²) in [5.74, 6) is 2.22. The van der Waals surface area contributed by atoms with Crippen molar-refractivity contribution in [3.05, 3.63) is 48.1 Å². The van der Waals surface area contributed by atoms with Crippen molar-refractivity contribution in [2.24, 2.45) is 20.8 Å². The molecule has 1 aromatic heterocycles. The van der Waals surface area contributed by atoms with Crippen molar-refractivity contribution in [2.75, 3.05) is 43.3 Å². The van der Waals surface area contributed by atoms with Crippen LogP contribution in [0.15, 0.2) is 63.1 Å². The quantitative estimate of drug-likeness (QED) is 0.448. The molecule has 6 heterocycles. The third-order valence-corrected chi connectivity index (χ3v) is 9.66. The second kappa shape index (κ2) is 12.0. The Morgan fingerprint density at radius 2 is 2.12 bits per heavy atom. The van der Waals surface area contributed by atoms with Gasteiger partial charge in [-0.25, -0.2) is 5.01 Å². The minimum Gasteiger partial charge on any atom is -0.501 e. The molecule has 5 aliphatic rings. The van der Waals surface area contributed by atoms with E-state index < -0.39 is 5.66 Å². The Kier molecular flexibility index (Phi) is 8.22. The second-order valence-corrected chi connectivity index (χ2v) is 12.4. The molecule has 0 aliphatic carbocycles. The molecule has 42 heavy (non-hydrogen) atoms. The second-order valence-electron chi connectivity index (χ2n) is 11.4. The van der Waals surface area contributed by atoms with Gasteiger partial charge in [0.25, 0.3) is 0 Å². The van der Waals surface area contributed by atoms with Crippen molar-refractivity contribution in [1.29, 1.82) is 0 Å². The summed E-state index contributed by atoms with van der Waals surface area (Å²) in [4.78, 5) is 21.1. The zero-order valence-corrected chi connectivity index (χ0v) is 25.2. The predicted molar refractivity (Wildman–Crippen MR) is 168 cm³/mol. The van der Waals surface area contributed by atoms with Crippen LogP contribution in [0.3, 0.4) is 0 Å². The van der Waals surface area contributed by atoms with Gasteiger partial charge < -0.3 is 24.8 Å². The van der Waals surface area contributed by atoms with E-state index in [-0.39, 0.29) is 11.6 Å². The van der Waals surface area contributed by atoms with Crippen LogP contribution < -0.4 is 20.4 Å². The molecular weight excluding hydrogens is 552 g/mol. The number of allylic oxidation sites excluding steroid dienone is 2. The minimum atomic E-state index is -0.606. The molecule has 2 N–H and O–H groups in total. The number of hydrogen-bond donors (Lipinski definition) is 1. The number of hydrazone groups is 1. The van der Waals surface area contributed by atoms with E-state index in [4.69, 9.17) is 35.0 Å². The highest BCUT2D eigenvalue weighted by molar-refractivity contribution is 8.13. The number of fused-ring (bicyclic) bond motifs is 1. The van der Waals surface area contributed by atoms with E-state index in [0.29, 0.717) is 61.2 Å². The zero-order chi connectivity index (χ0) is 29.2. The van der Waals surface area contributed by atoms with Gasteiger partial charge in [-0.15, -0.1) is 17.5 Å². The molecule has 5 aliphatic heterocycles. The third-order valence-electron chi connectivity index (χ3n) is 8.29. The molecule has 6 rings (SSSR count). The van der Waals surface area contributed by atoms with Crippen molar-refractivity contribution in [1.82, 2.24) is 9.97 Å². The molecule has 0 amide bonds. The number of aliphatic imine (C=N–C) groups is 2. The topological polar surface area (TPSA) is 123 Å². The fraction of sp³-hybridized carbons (Fsp3) is 0.533. The summed E-state index contributed by atoms with van der Waals surface area (Å²) in [6, 6.07) is 2.24. The Balaban J connectivity index is 1.30. The summed E-state index contributed by atoms with van der Waals surface area (Å²) < 4.78 is 17.6. The number of anilines is 2. The Bertz CT molecular complexity index is 1410. The van der Waals surface area contributed by atoms with Gasteiger partial charge in [0.2, 0.25) is 0 Å². The van der Waals surface area contributed by atoms with Crippen molar-refractivity contribution in [3.63, 3.8) is 0 Å². The van der Waals surface area contributed by atoms with Gasteiger partial charge in [0, 0.05) is 49.4 Å². The SMILES string of the molecule is COC1=CC/C(C2=NN(c3cc(N4CC[C@H]5OCC[C@]54N)nc(OCCC4SC=NC4(C)C)n3)CC=C=C2)=N\C=C/C1. The summed E-state index contributed by atoms with van der Waals surface area (Å²) >= 11 is 1.74. The lowest BCUT2D eigenvalue weighted by atomic mass is 9.99. The fourth-order valence-electron chi connectivity index (χ4n) is 5.76. The van der Waals surface area contributed by atoms with Crippen LogP contribution in [0.25, 0.3) is 0 Å². The van der Waals surface area contributed by atoms with Gasteiger partial charge in [-0.1, -0.05) is 6.08 Å². The number of aromatic nitrogens is 2. The molecule has 2 saturated heterocycles. The summed E-state index contributed by atoms with van der Waals surface area (Å²) in [7, 11) is 1.69. The minimum absolute atomic E-state index is 0.0210. The molecule has 12 heteroatoms. The van der Waals surface area contributed by atoms with Crippen molar-refractivity contribution in [3.8, 4) is 6.01 Å². The molecule has 0 aromatic carbocycles. The number of rotatable bonds is 8. The van der Waals surface area contributed by atoms with Gasteiger partial charge >= 0.3 is 6.01 Å². The molecular formula is C30H38N8O3S. The lowest BCUT2D eigenvalue weighted by Crippen LogP contribution is -2.56. The molecule has 1 aromatic rings. The molecule has 0 radical (unpaired) electrons. The first-order chi connectivity index (χ1) is 20.4. The molecule has 2 fully saturated rings. The Morgan fingerprint density at radius 1 is 1.24 bits per heavy atom. The van der Waals surface area contributed by atoms with Gasteiger partial charge in [0.15, 0.2) is 5.82 Å². The van der Waals surface area contributed by atoms with Crippen LogP contribution in [0.5, 0.6) is 6.01 Å². The highest BCUT2D eigenvalue weighted by Gasteiger charge is 2.51. The van der Waals surface area contributed by atoms with Crippen LogP contribution in [0.2, 0.25) is 0 Å². The van der Waals surface area contributed by atoms with Gasteiger partial charge in [-0.3, -0.25) is 9.98 Å². The molecule has 11 nitrogen and oxygen atoms in total. The summed E-state index contributed by atoms with van der Waals surface area (Å²) in [6.07, 6.45) is 13.3. The fourth-order valence-corrected chi connectivity index (χ4v) is 6.86. The Morgan fingerprint density at radius 3 is 2.95 bits per heavy atom. The highest BCUT2D eigenvalue weighted by Crippen LogP contribution is 2.39. The Hall–Kier alpha value is -3.44. The van der Waals surface area contributed by atoms with E-state index in [9.17, 15) is 0 Å².